The predicted octanol–water partition coefficient (Wildman–Crippen LogP) is 4.39. The Labute approximate surface area is 179 Å². The molecular formula is C23H25ClN2O4. The summed E-state index contributed by atoms with van der Waals surface area (Å²) in [6.45, 7) is 0.304. The summed E-state index contributed by atoms with van der Waals surface area (Å²) in [4.78, 5) is 27.0. The Kier molecular flexibility index (Phi) is 5.86. The summed E-state index contributed by atoms with van der Waals surface area (Å²) in [5.74, 6) is 0.935. The van der Waals surface area contributed by atoms with E-state index in [0.29, 0.717) is 34.0 Å². The third-order valence-electron chi connectivity index (χ3n) is 5.85. The zero-order valence-electron chi connectivity index (χ0n) is 17.2. The largest absolute Gasteiger partial charge is 0.493 e. The van der Waals surface area contributed by atoms with Gasteiger partial charge in [0, 0.05) is 17.1 Å². The summed E-state index contributed by atoms with van der Waals surface area (Å²) in [6.07, 6.45) is 4.86. The second-order valence-corrected chi connectivity index (χ2v) is 8.13. The number of hydrogen-bond donors (Lipinski definition) is 0. The minimum absolute atomic E-state index is 0.0816. The van der Waals surface area contributed by atoms with Crippen LogP contribution in [-0.2, 0) is 6.54 Å². The second-order valence-electron chi connectivity index (χ2n) is 7.69. The van der Waals surface area contributed by atoms with E-state index in [-0.39, 0.29) is 17.3 Å². The van der Waals surface area contributed by atoms with E-state index in [2.05, 4.69) is 0 Å². The highest BCUT2D eigenvalue weighted by atomic mass is 35.5. The van der Waals surface area contributed by atoms with Gasteiger partial charge in [-0.15, -0.1) is 0 Å². The molecule has 1 aliphatic carbocycles. The molecule has 158 valence electrons. The summed E-state index contributed by atoms with van der Waals surface area (Å²) in [6, 6.07) is 10.7. The smallest absolute Gasteiger partial charge is 0.332 e. The molecule has 0 bridgehead atoms. The van der Waals surface area contributed by atoms with E-state index in [4.69, 9.17) is 21.1 Å². The topological polar surface area (TPSA) is 62.5 Å². The number of fused-ring (bicyclic) bond motifs is 1. The fourth-order valence-corrected chi connectivity index (χ4v) is 4.56. The van der Waals surface area contributed by atoms with Gasteiger partial charge in [-0.3, -0.25) is 13.9 Å². The molecule has 0 radical (unpaired) electrons. The summed E-state index contributed by atoms with van der Waals surface area (Å²) in [5.41, 5.74) is 0.834. The molecule has 3 aromatic rings. The number of aromatic nitrogens is 2. The first-order valence-corrected chi connectivity index (χ1v) is 10.6. The Bertz CT molecular complexity index is 1190. The van der Waals surface area contributed by atoms with Gasteiger partial charge in [0.1, 0.15) is 0 Å². The van der Waals surface area contributed by atoms with Crippen molar-refractivity contribution in [1.82, 2.24) is 9.13 Å². The molecule has 30 heavy (non-hydrogen) atoms. The SMILES string of the molecule is COc1cc2c(=O)n(C3CCCCC3)c(=O)n(Cc3cccc(Cl)c3)c2cc1OC. The van der Waals surface area contributed by atoms with Gasteiger partial charge < -0.3 is 9.47 Å². The maximum atomic E-state index is 13.6. The fourth-order valence-electron chi connectivity index (χ4n) is 4.34. The van der Waals surface area contributed by atoms with E-state index in [0.717, 1.165) is 37.7 Å². The maximum Gasteiger partial charge on any atom is 0.332 e. The maximum absolute atomic E-state index is 13.6. The molecule has 1 heterocycles. The van der Waals surface area contributed by atoms with Crippen molar-refractivity contribution in [3.63, 3.8) is 0 Å². The molecule has 6 nitrogen and oxygen atoms in total. The average Bonchev–Trinajstić information content (AvgIpc) is 2.76. The summed E-state index contributed by atoms with van der Waals surface area (Å²) >= 11 is 6.16. The van der Waals surface area contributed by atoms with Gasteiger partial charge >= 0.3 is 5.69 Å². The molecule has 1 aromatic heterocycles. The van der Waals surface area contributed by atoms with E-state index >= 15 is 0 Å². The van der Waals surface area contributed by atoms with Gasteiger partial charge in [0.2, 0.25) is 0 Å². The van der Waals surface area contributed by atoms with Gasteiger partial charge in [-0.1, -0.05) is 43.0 Å². The highest BCUT2D eigenvalue weighted by molar-refractivity contribution is 6.30. The van der Waals surface area contributed by atoms with Crippen LogP contribution in [0.15, 0.2) is 46.0 Å². The third-order valence-corrected chi connectivity index (χ3v) is 6.08. The van der Waals surface area contributed by atoms with Crippen LogP contribution < -0.4 is 20.7 Å². The lowest BCUT2D eigenvalue weighted by Gasteiger charge is -2.25. The molecule has 0 spiro atoms. The lowest BCUT2D eigenvalue weighted by Crippen LogP contribution is -2.43. The van der Waals surface area contributed by atoms with E-state index < -0.39 is 0 Å². The Morgan fingerprint density at radius 2 is 1.70 bits per heavy atom. The zero-order valence-corrected chi connectivity index (χ0v) is 17.9. The normalized spacial score (nSPS) is 14.8. The van der Waals surface area contributed by atoms with Crippen molar-refractivity contribution in [2.75, 3.05) is 14.2 Å². The van der Waals surface area contributed by atoms with Crippen molar-refractivity contribution in [3.8, 4) is 11.5 Å². The molecule has 1 fully saturated rings. The second kappa shape index (κ2) is 8.56. The van der Waals surface area contributed by atoms with E-state index in [9.17, 15) is 9.59 Å². The molecular weight excluding hydrogens is 404 g/mol. The van der Waals surface area contributed by atoms with Crippen molar-refractivity contribution in [3.05, 3.63) is 67.8 Å². The number of hydrogen-bond acceptors (Lipinski definition) is 4. The molecule has 0 aliphatic heterocycles. The van der Waals surface area contributed by atoms with E-state index in [1.807, 2.05) is 18.2 Å². The van der Waals surface area contributed by atoms with Crippen LogP contribution in [0.5, 0.6) is 11.5 Å². The fraction of sp³-hybridized carbons (Fsp3) is 0.391. The Balaban J connectivity index is 2.00. The van der Waals surface area contributed by atoms with Crippen LogP contribution in [-0.4, -0.2) is 23.4 Å². The number of nitrogens with zero attached hydrogens (tertiary/aromatic N) is 2. The monoisotopic (exact) mass is 428 g/mol. The van der Waals surface area contributed by atoms with Gasteiger partial charge in [-0.05, 0) is 36.6 Å². The van der Waals surface area contributed by atoms with Crippen LogP contribution in [0.3, 0.4) is 0 Å². The van der Waals surface area contributed by atoms with Crippen molar-refractivity contribution >= 4 is 22.5 Å². The van der Waals surface area contributed by atoms with Gasteiger partial charge in [0.25, 0.3) is 5.56 Å². The van der Waals surface area contributed by atoms with Crippen molar-refractivity contribution in [2.45, 2.75) is 44.7 Å². The molecule has 2 aromatic carbocycles. The summed E-state index contributed by atoms with van der Waals surface area (Å²) < 4.78 is 13.9. The molecule has 0 saturated heterocycles. The van der Waals surface area contributed by atoms with E-state index in [1.165, 1.54) is 18.8 Å². The first-order valence-electron chi connectivity index (χ1n) is 10.2. The van der Waals surface area contributed by atoms with Gasteiger partial charge in [0.05, 0.1) is 31.7 Å². The zero-order chi connectivity index (χ0) is 21.3. The van der Waals surface area contributed by atoms with Gasteiger partial charge in [-0.2, -0.15) is 0 Å². The highest BCUT2D eigenvalue weighted by Crippen LogP contribution is 2.32. The highest BCUT2D eigenvalue weighted by Gasteiger charge is 2.23. The van der Waals surface area contributed by atoms with Crippen LogP contribution in [0.4, 0.5) is 0 Å². The molecule has 0 atom stereocenters. The Morgan fingerprint density at radius 3 is 2.37 bits per heavy atom. The number of methoxy groups -OCH3 is 2. The molecule has 0 unspecified atom stereocenters. The van der Waals surface area contributed by atoms with E-state index in [1.54, 1.807) is 22.8 Å². The van der Waals surface area contributed by atoms with Crippen LogP contribution in [0.25, 0.3) is 10.9 Å². The van der Waals surface area contributed by atoms with Gasteiger partial charge in [0.15, 0.2) is 11.5 Å². The van der Waals surface area contributed by atoms with Crippen molar-refractivity contribution in [2.24, 2.45) is 0 Å². The van der Waals surface area contributed by atoms with Crippen molar-refractivity contribution in [1.29, 1.82) is 0 Å². The Morgan fingerprint density at radius 1 is 1.00 bits per heavy atom. The minimum atomic E-state index is -0.299. The first-order chi connectivity index (χ1) is 14.5. The lowest BCUT2D eigenvalue weighted by atomic mass is 9.95. The number of halogens is 1. The third kappa shape index (κ3) is 3.72. The summed E-state index contributed by atoms with van der Waals surface area (Å²) in [7, 11) is 3.07. The molecule has 0 N–H and O–H groups in total. The molecule has 1 aliphatic rings. The minimum Gasteiger partial charge on any atom is -0.493 e. The lowest BCUT2D eigenvalue weighted by molar-refractivity contribution is 0.332. The predicted molar refractivity (Wildman–Crippen MR) is 118 cm³/mol. The Hall–Kier alpha value is -2.73. The van der Waals surface area contributed by atoms with Crippen LogP contribution in [0.1, 0.15) is 43.7 Å². The molecule has 7 heteroatoms. The van der Waals surface area contributed by atoms with Crippen molar-refractivity contribution < 1.29 is 9.47 Å². The summed E-state index contributed by atoms with van der Waals surface area (Å²) in [5, 5.41) is 1.05. The number of rotatable bonds is 5. The van der Waals surface area contributed by atoms with Crippen LogP contribution in [0, 0.1) is 0 Å². The molecule has 0 amide bonds. The van der Waals surface area contributed by atoms with Crippen LogP contribution in [0.2, 0.25) is 5.02 Å². The average molecular weight is 429 g/mol. The molecule has 4 rings (SSSR count). The quantitative estimate of drug-likeness (QED) is 0.604. The molecule has 1 saturated carbocycles. The first kappa shape index (κ1) is 20.5. The van der Waals surface area contributed by atoms with Gasteiger partial charge in [-0.25, -0.2) is 4.79 Å². The number of ether oxygens (including phenoxy) is 2. The standard InChI is InChI=1S/C23H25ClN2O4/c1-29-20-12-18-19(13-21(20)30-2)25(14-15-7-6-8-16(24)11-15)23(28)26(22(18)27)17-9-4-3-5-10-17/h6-8,11-13,17H,3-5,9-10,14H2,1-2H3. The van der Waals surface area contributed by atoms with Crippen LogP contribution >= 0.6 is 11.6 Å². The number of benzene rings is 2.